The molecule has 1 N–H and O–H groups in total. The van der Waals surface area contributed by atoms with Crippen molar-refractivity contribution in [2.24, 2.45) is 5.16 Å². The van der Waals surface area contributed by atoms with Crippen LogP contribution < -0.4 is 24.3 Å². The number of amides is 1. The van der Waals surface area contributed by atoms with Crippen LogP contribution >= 0.6 is 0 Å². The molecule has 0 spiro atoms. The molecule has 0 saturated heterocycles. The van der Waals surface area contributed by atoms with Gasteiger partial charge in [0.25, 0.3) is 5.91 Å². The molecule has 0 saturated carbocycles. The molecule has 0 aliphatic heterocycles. The minimum Gasteiger partial charge on any atom is -0.493 e. The fourth-order valence-electron chi connectivity index (χ4n) is 2.43. The highest BCUT2D eigenvalue weighted by atomic mass is 16.6. The van der Waals surface area contributed by atoms with Gasteiger partial charge in [-0.3, -0.25) is 4.79 Å². The number of carbonyl (C=O) groups is 1. The molecule has 0 radical (unpaired) electrons. The highest BCUT2D eigenvalue weighted by Gasteiger charge is 2.15. The zero-order valence-electron chi connectivity index (χ0n) is 17.2. The minimum atomic E-state index is -0.802. The summed E-state index contributed by atoms with van der Waals surface area (Å²) in [4.78, 5) is 17.6. The molecular weight excluding hydrogens is 376 g/mol. The predicted molar refractivity (Wildman–Crippen MR) is 110 cm³/mol. The third kappa shape index (κ3) is 6.03. The average Bonchev–Trinajstić information content (AvgIpc) is 2.74. The number of anilines is 1. The van der Waals surface area contributed by atoms with Gasteiger partial charge in [0.1, 0.15) is 0 Å². The van der Waals surface area contributed by atoms with Gasteiger partial charge in [0.05, 0.1) is 34.2 Å². The lowest BCUT2D eigenvalue weighted by Crippen LogP contribution is -2.26. The van der Waals surface area contributed by atoms with Crippen molar-refractivity contribution in [2.45, 2.75) is 20.0 Å². The van der Waals surface area contributed by atoms with Crippen LogP contribution in [-0.4, -0.2) is 46.2 Å². The van der Waals surface area contributed by atoms with Crippen LogP contribution in [0.25, 0.3) is 0 Å². The zero-order chi connectivity index (χ0) is 21.2. The Kier molecular flexibility index (Phi) is 8.14. The van der Waals surface area contributed by atoms with E-state index in [0.29, 0.717) is 35.3 Å². The molecule has 2 aromatic carbocycles. The van der Waals surface area contributed by atoms with Crippen LogP contribution in [0, 0.1) is 0 Å². The molecule has 8 nitrogen and oxygen atoms in total. The molecule has 8 heteroatoms. The Labute approximate surface area is 170 Å². The molecule has 0 aliphatic rings. The van der Waals surface area contributed by atoms with Crippen molar-refractivity contribution in [3.63, 3.8) is 0 Å². The van der Waals surface area contributed by atoms with Crippen LogP contribution in [0.3, 0.4) is 0 Å². The molecule has 1 atom stereocenters. The van der Waals surface area contributed by atoms with Crippen molar-refractivity contribution in [1.29, 1.82) is 0 Å². The van der Waals surface area contributed by atoms with Crippen LogP contribution in [0.2, 0.25) is 0 Å². The molecule has 0 aliphatic carbocycles. The summed E-state index contributed by atoms with van der Waals surface area (Å²) in [7, 11) is 4.64. The second kappa shape index (κ2) is 10.8. The summed E-state index contributed by atoms with van der Waals surface area (Å²) in [6.45, 7) is 4.04. The molecule has 156 valence electrons. The number of nitrogens with zero attached hydrogens (tertiary/aromatic N) is 1. The second-order valence-electron chi connectivity index (χ2n) is 5.88. The van der Waals surface area contributed by atoms with E-state index in [0.717, 1.165) is 5.56 Å². The van der Waals surface area contributed by atoms with E-state index in [1.807, 2.05) is 13.0 Å². The number of rotatable bonds is 10. The number of nitrogens with one attached hydrogen (secondary N) is 1. The summed E-state index contributed by atoms with van der Waals surface area (Å²) in [6, 6.07) is 10.5. The SMILES string of the molecule is CCOc1ccc(/C=N/OC(C)C(=O)Nc2ccc(OC)c(OC)c2)cc1OC. The summed E-state index contributed by atoms with van der Waals surface area (Å²) >= 11 is 0. The standard InChI is InChI=1S/C21H26N2O6/c1-6-28-18-9-7-15(11-19(18)26-4)13-22-29-14(2)21(24)23-16-8-10-17(25-3)20(12-16)27-5/h7-14H,6H2,1-5H3,(H,23,24)/b22-13+. The topological polar surface area (TPSA) is 87.6 Å². The number of benzene rings is 2. The van der Waals surface area contributed by atoms with Crippen molar-refractivity contribution in [3.05, 3.63) is 42.0 Å². The number of oxime groups is 1. The summed E-state index contributed by atoms with van der Waals surface area (Å²) in [5.41, 5.74) is 1.31. The Morgan fingerprint density at radius 3 is 2.31 bits per heavy atom. The summed E-state index contributed by atoms with van der Waals surface area (Å²) in [6.07, 6.45) is 0.697. The summed E-state index contributed by atoms with van der Waals surface area (Å²) in [5, 5.41) is 6.64. The zero-order valence-corrected chi connectivity index (χ0v) is 17.2. The minimum absolute atomic E-state index is 0.348. The monoisotopic (exact) mass is 402 g/mol. The molecule has 2 aromatic rings. The van der Waals surface area contributed by atoms with Gasteiger partial charge in [-0.1, -0.05) is 5.16 Å². The Morgan fingerprint density at radius 1 is 1.00 bits per heavy atom. The maximum absolute atomic E-state index is 12.3. The van der Waals surface area contributed by atoms with Gasteiger partial charge in [-0.2, -0.15) is 0 Å². The van der Waals surface area contributed by atoms with E-state index in [9.17, 15) is 4.79 Å². The van der Waals surface area contributed by atoms with Crippen LogP contribution in [0.5, 0.6) is 23.0 Å². The van der Waals surface area contributed by atoms with Gasteiger partial charge in [0.2, 0.25) is 6.10 Å². The van der Waals surface area contributed by atoms with Crippen LogP contribution in [0.15, 0.2) is 41.6 Å². The Morgan fingerprint density at radius 2 is 1.66 bits per heavy atom. The van der Waals surface area contributed by atoms with Crippen LogP contribution in [-0.2, 0) is 9.63 Å². The lowest BCUT2D eigenvalue weighted by molar-refractivity contribution is -0.126. The van der Waals surface area contributed by atoms with Crippen molar-refractivity contribution in [2.75, 3.05) is 33.3 Å². The van der Waals surface area contributed by atoms with Crippen LogP contribution in [0.1, 0.15) is 19.4 Å². The van der Waals surface area contributed by atoms with Crippen molar-refractivity contribution in [3.8, 4) is 23.0 Å². The summed E-state index contributed by atoms with van der Waals surface area (Å²) < 4.78 is 21.2. The molecule has 0 heterocycles. The predicted octanol–water partition coefficient (Wildman–Crippen LogP) is 3.49. The van der Waals surface area contributed by atoms with Gasteiger partial charge in [0, 0.05) is 17.3 Å². The van der Waals surface area contributed by atoms with E-state index in [1.165, 1.54) is 13.3 Å². The highest BCUT2D eigenvalue weighted by Crippen LogP contribution is 2.30. The van der Waals surface area contributed by atoms with E-state index in [2.05, 4.69) is 10.5 Å². The van der Waals surface area contributed by atoms with Gasteiger partial charge in [0.15, 0.2) is 23.0 Å². The number of hydrogen-bond acceptors (Lipinski definition) is 7. The quantitative estimate of drug-likeness (QED) is 0.484. The second-order valence-corrected chi connectivity index (χ2v) is 5.88. The fraction of sp³-hybridized carbons (Fsp3) is 0.333. The van der Waals surface area contributed by atoms with Gasteiger partial charge in [-0.15, -0.1) is 0 Å². The first-order chi connectivity index (χ1) is 14.0. The van der Waals surface area contributed by atoms with E-state index in [4.69, 9.17) is 23.8 Å². The third-order valence-electron chi connectivity index (χ3n) is 3.93. The molecule has 0 fully saturated rings. The largest absolute Gasteiger partial charge is 0.493 e. The average molecular weight is 402 g/mol. The number of carbonyl (C=O) groups excluding carboxylic acids is 1. The fourth-order valence-corrected chi connectivity index (χ4v) is 2.43. The molecule has 0 aromatic heterocycles. The number of ether oxygens (including phenoxy) is 4. The van der Waals surface area contributed by atoms with Gasteiger partial charge < -0.3 is 29.1 Å². The lowest BCUT2D eigenvalue weighted by Gasteiger charge is -2.13. The summed E-state index contributed by atoms with van der Waals surface area (Å²) in [5.74, 6) is 1.98. The first kappa shape index (κ1) is 21.9. The van der Waals surface area contributed by atoms with E-state index in [-0.39, 0.29) is 5.91 Å². The van der Waals surface area contributed by atoms with Crippen molar-refractivity contribution >= 4 is 17.8 Å². The third-order valence-corrected chi connectivity index (χ3v) is 3.93. The Balaban J connectivity index is 1.96. The van der Waals surface area contributed by atoms with E-state index in [1.54, 1.807) is 51.5 Å². The molecule has 1 amide bonds. The van der Waals surface area contributed by atoms with Gasteiger partial charge >= 0.3 is 0 Å². The number of methoxy groups -OCH3 is 3. The van der Waals surface area contributed by atoms with Crippen molar-refractivity contribution < 1.29 is 28.6 Å². The van der Waals surface area contributed by atoms with E-state index < -0.39 is 6.10 Å². The molecule has 29 heavy (non-hydrogen) atoms. The van der Waals surface area contributed by atoms with Gasteiger partial charge in [-0.05, 0) is 44.2 Å². The smallest absolute Gasteiger partial charge is 0.267 e. The molecule has 0 bridgehead atoms. The highest BCUT2D eigenvalue weighted by molar-refractivity contribution is 5.94. The maximum atomic E-state index is 12.3. The first-order valence-electron chi connectivity index (χ1n) is 9.05. The first-order valence-corrected chi connectivity index (χ1v) is 9.05. The van der Waals surface area contributed by atoms with E-state index >= 15 is 0 Å². The maximum Gasteiger partial charge on any atom is 0.267 e. The Bertz CT molecular complexity index is 853. The normalized spacial score (nSPS) is 11.6. The molecule has 1 unspecified atom stereocenters. The lowest BCUT2D eigenvalue weighted by atomic mass is 10.2. The van der Waals surface area contributed by atoms with Crippen LogP contribution in [0.4, 0.5) is 5.69 Å². The van der Waals surface area contributed by atoms with Gasteiger partial charge in [-0.25, -0.2) is 0 Å². The number of hydrogen-bond donors (Lipinski definition) is 1. The van der Waals surface area contributed by atoms with Crippen molar-refractivity contribution in [1.82, 2.24) is 0 Å². The molecular formula is C21H26N2O6. The Hall–Kier alpha value is -3.42. The molecule has 2 rings (SSSR count).